The monoisotopic (exact) mass is 166 g/mol. The number of aliphatic hydroxyl groups is 1. The largest absolute Gasteiger partial charge is 0.396 e. The van der Waals surface area contributed by atoms with Gasteiger partial charge >= 0.3 is 0 Å². The van der Waals surface area contributed by atoms with E-state index in [9.17, 15) is 5.11 Å². The second-order valence-corrected chi connectivity index (χ2v) is 5.09. The molecular weight excluding hydrogens is 148 g/mol. The van der Waals surface area contributed by atoms with E-state index in [0.29, 0.717) is 12.5 Å². The standard InChI is InChI=1S/C11H18O/c12-6-9-3-4-10-7-1-2-8(5-7)11(9)10/h7-12H,1-6H2/t7-,8+,9+,10-,11-/m1/s1. The van der Waals surface area contributed by atoms with E-state index < -0.39 is 0 Å². The van der Waals surface area contributed by atoms with Crippen LogP contribution in [-0.4, -0.2) is 11.7 Å². The van der Waals surface area contributed by atoms with E-state index in [-0.39, 0.29) is 0 Å². The van der Waals surface area contributed by atoms with Gasteiger partial charge in [0.25, 0.3) is 0 Å². The van der Waals surface area contributed by atoms with E-state index in [4.69, 9.17) is 0 Å². The molecule has 0 radical (unpaired) electrons. The van der Waals surface area contributed by atoms with Crippen LogP contribution in [0.1, 0.15) is 32.1 Å². The quantitative estimate of drug-likeness (QED) is 0.632. The van der Waals surface area contributed by atoms with E-state index in [1.165, 1.54) is 32.1 Å². The van der Waals surface area contributed by atoms with Gasteiger partial charge in [0.2, 0.25) is 0 Å². The molecule has 3 fully saturated rings. The Morgan fingerprint density at radius 3 is 2.67 bits per heavy atom. The number of fused-ring (bicyclic) bond motifs is 5. The molecule has 1 heteroatoms. The maximum absolute atomic E-state index is 9.24. The van der Waals surface area contributed by atoms with Gasteiger partial charge in [-0.2, -0.15) is 0 Å². The number of hydrogen-bond acceptors (Lipinski definition) is 1. The molecule has 0 aromatic rings. The Labute approximate surface area is 74.2 Å². The molecule has 3 rings (SSSR count). The van der Waals surface area contributed by atoms with Crippen molar-refractivity contribution in [3.05, 3.63) is 0 Å². The highest BCUT2D eigenvalue weighted by Crippen LogP contribution is 2.60. The lowest BCUT2D eigenvalue weighted by molar-refractivity contribution is 0.142. The smallest absolute Gasteiger partial charge is 0.0462 e. The highest BCUT2D eigenvalue weighted by molar-refractivity contribution is 5.02. The first-order valence-electron chi connectivity index (χ1n) is 5.51. The molecule has 2 bridgehead atoms. The Bertz CT molecular complexity index is 187. The highest BCUT2D eigenvalue weighted by atomic mass is 16.3. The second-order valence-electron chi connectivity index (χ2n) is 5.09. The third-order valence-corrected chi connectivity index (χ3v) is 4.81. The van der Waals surface area contributed by atoms with Crippen LogP contribution in [0.5, 0.6) is 0 Å². The number of rotatable bonds is 1. The van der Waals surface area contributed by atoms with Crippen molar-refractivity contribution in [3.63, 3.8) is 0 Å². The maximum Gasteiger partial charge on any atom is 0.0462 e. The van der Waals surface area contributed by atoms with Gasteiger partial charge in [-0.25, -0.2) is 0 Å². The molecule has 1 N–H and O–H groups in total. The number of aliphatic hydroxyl groups excluding tert-OH is 1. The lowest BCUT2D eigenvalue weighted by Crippen LogP contribution is -2.23. The predicted octanol–water partition coefficient (Wildman–Crippen LogP) is 2.05. The van der Waals surface area contributed by atoms with Gasteiger partial charge in [-0.3, -0.25) is 0 Å². The Balaban J connectivity index is 1.85. The minimum absolute atomic E-state index is 0.463. The molecule has 0 unspecified atom stereocenters. The molecule has 3 aliphatic rings. The van der Waals surface area contributed by atoms with Crippen molar-refractivity contribution in [3.8, 4) is 0 Å². The zero-order valence-corrected chi connectivity index (χ0v) is 7.58. The van der Waals surface area contributed by atoms with Gasteiger partial charge in [0.1, 0.15) is 0 Å². The summed E-state index contributed by atoms with van der Waals surface area (Å²) < 4.78 is 0. The zero-order valence-electron chi connectivity index (χ0n) is 7.58. The van der Waals surface area contributed by atoms with Gasteiger partial charge in [0.05, 0.1) is 0 Å². The maximum atomic E-state index is 9.24. The van der Waals surface area contributed by atoms with Gasteiger partial charge in [-0.05, 0) is 61.7 Å². The first-order valence-corrected chi connectivity index (χ1v) is 5.51. The summed E-state index contributed by atoms with van der Waals surface area (Å²) in [6, 6.07) is 0. The molecular formula is C11H18O. The van der Waals surface area contributed by atoms with Crippen molar-refractivity contribution in [2.75, 3.05) is 6.61 Å². The Morgan fingerprint density at radius 1 is 1.00 bits per heavy atom. The summed E-state index contributed by atoms with van der Waals surface area (Å²) in [6.07, 6.45) is 7.23. The molecule has 0 amide bonds. The summed E-state index contributed by atoms with van der Waals surface area (Å²) in [4.78, 5) is 0. The van der Waals surface area contributed by atoms with Gasteiger partial charge < -0.3 is 5.11 Å². The van der Waals surface area contributed by atoms with Gasteiger partial charge in [-0.15, -0.1) is 0 Å². The summed E-state index contributed by atoms with van der Waals surface area (Å²) in [5.74, 6) is 4.73. The van der Waals surface area contributed by atoms with E-state index in [2.05, 4.69) is 0 Å². The first kappa shape index (κ1) is 7.37. The molecule has 1 nitrogen and oxygen atoms in total. The van der Waals surface area contributed by atoms with Crippen molar-refractivity contribution in [1.82, 2.24) is 0 Å². The number of hydrogen-bond donors (Lipinski definition) is 1. The van der Waals surface area contributed by atoms with E-state index in [0.717, 1.165) is 23.7 Å². The van der Waals surface area contributed by atoms with Crippen molar-refractivity contribution in [2.24, 2.45) is 29.6 Å². The van der Waals surface area contributed by atoms with Gasteiger partial charge in [0.15, 0.2) is 0 Å². The Morgan fingerprint density at radius 2 is 1.83 bits per heavy atom. The molecule has 3 aliphatic carbocycles. The van der Waals surface area contributed by atoms with Gasteiger partial charge in [0, 0.05) is 6.61 Å². The molecule has 68 valence electrons. The van der Waals surface area contributed by atoms with Crippen LogP contribution in [0.25, 0.3) is 0 Å². The normalized spacial score (nSPS) is 56.2. The lowest BCUT2D eigenvalue weighted by Gasteiger charge is -2.27. The van der Waals surface area contributed by atoms with Crippen LogP contribution in [0.4, 0.5) is 0 Å². The molecule has 12 heavy (non-hydrogen) atoms. The zero-order chi connectivity index (χ0) is 8.13. The van der Waals surface area contributed by atoms with Crippen LogP contribution in [0.2, 0.25) is 0 Å². The SMILES string of the molecule is OC[C@@H]1CC[C@@H]2[C@@H]3CC[C@@H](C3)[C@H]12. The van der Waals surface area contributed by atoms with Crippen molar-refractivity contribution < 1.29 is 5.11 Å². The molecule has 0 aromatic carbocycles. The molecule has 5 atom stereocenters. The third kappa shape index (κ3) is 0.783. The van der Waals surface area contributed by atoms with Crippen molar-refractivity contribution in [2.45, 2.75) is 32.1 Å². The van der Waals surface area contributed by atoms with Crippen LogP contribution in [0, 0.1) is 29.6 Å². The summed E-state index contributed by atoms with van der Waals surface area (Å²) >= 11 is 0. The topological polar surface area (TPSA) is 20.2 Å². The van der Waals surface area contributed by atoms with Crippen LogP contribution in [0.3, 0.4) is 0 Å². The highest BCUT2D eigenvalue weighted by Gasteiger charge is 2.52. The second kappa shape index (κ2) is 2.47. The molecule has 3 saturated carbocycles. The van der Waals surface area contributed by atoms with Crippen LogP contribution in [-0.2, 0) is 0 Å². The average Bonchev–Trinajstić information content (AvgIpc) is 2.76. The average molecular weight is 166 g/mol. The summed E-state index contributed by atoms with van der Waals surface area (Å²) in [5, 5.41) is 9.24. The fourth-order valence-electron chi connectivity index (χ4n) is 4.43. The Kier molecular flexibility index (Phi) is 1.52. The Hall–Kier alpha value is -0.0400. The minimum atomic E-state index is 0.463. The first-order chi connectivity index (χ1) is 5.90. The summed E-state index contributed by atoms with van der Waals surface area (Å²) in [5.41, 5.74) is 0. The molecule has 0 saturated heterocycles. The minimum Gasteiger partial charge on any atom is -0.396 e. The molecule has 0 spiro atoms. The third-order valence-electron chi connectivity index (χ3n) is 4.81. The van der Waals surface area contributed by atoms with Crippen LogP contribution >= 0.6 is 0 Å². The molecule has 0 aliphatic heterocycles. The van der Waals surface area contributed by atoms with E-state index in [1.54, 1.807) is 0 Å². The van der Waals surface area contributed by atoms with E-state index in [1.807, 2.05) is 0 Å². The van der Waals surface area contributed by atoms with Crippen molar-refractivity contribution >= 4 is 0 Å². The van der Waals surface area contributed by atoms with E-state index >= 15 is 0 Å². The fraction of sp³-hybridized carbons (Fsp3) is 1.00. The lowest BCUT2D eigenvalue weighted by atomic mass is 9.78. The molecule has 0 aromatic heterocycles. The fourth-order valence-corrected chi connectivity index (χ4v) is 4.43. The summed E-state index contributed by atoms with van der Waals surface area (Å²) in [7, 11) is 0. The van der Waals surface area contributed by atoms with Crippen LogP contribution < -0.4 is 0 Å². The predicted molar refractivity (Wildman–Crippen MR) is 47.6 cm³/mol. The van der Waals surface area contributed by atoms with Crippen LogP contribution in [0.15, 0.2) is 0 Å². The van der Waals surface area contributed by atoms with Gasteiger partial charge in [-0.1, -0.05) is 0 Å². The molecule has 0 heterocycles. The van der Waals surface area contributed by atoms with Crippen molar-refractivity contribution in [1.29, 1.82) is 0 Å². The summed E-state index contributed by atoms with van der Waals surface area (Å²) in [6.45, 7) is 0.463.